The zero-order chi connectivity index (χ0) is 14.1. The highest BCUT2D eigenvalue weighted by molar-refractivity contribution is 6.30. The number of hydrogen-bond donors (Lipinski definition) is 1. The third kappa shape index (κ3) is 2.77. The zero-order valence-corrected chi connectivity index (χ0v) is 11.2. The lowest BCUT2D eigenvalue weighted by molar-refractivity contribution is 0.102. The fraction of sp³-hybridized carbons (Fsp3) is 0.214. The second-order valence-electron chi connectivity index (χ2n) is 4.69. The number of rotatable bonds is 3. The van der Waals surface area contributed by atoms with Crippen LogP contribution in [0.2, 0.25) is 5.02 Å². The van der Waals surface area contributed by atoms with Crippen molar-refractivity contribution < 1.29 is 9.18 Å². The van der Waals surface area contributed by atoms with Crippen LogP contribution in [-0.2, 0) is 0 Å². The van der Waals surface area contributed by atoms with E-state index in [1.165, 1.54) is 24.5 Å². The Morgan fingerprint density at radius 1 is 1.30 bits per heavy atom. The van der Waals surface area contributed by atoms with E-state index in [2.05, 4.69) is 15.3 Å². The average Bonchev–Trinajstić information content (AvgIpc) is 3.28. The maximum absolute atomic E-state index is 13.3. The average molecular weight is 292 g/mol. The molecule has 20 heavy (non-hydrogen) atoms. The molecule has 0 spiro atoms. The minimum atomic E-state index is -0.578. The van der Waals surface area contributed by atoms with Crippen LogP contribution >= 0.6 is 11.6 Å². The van der Waals surface area contributed by atoms with Crippen molar-refractivity contribution in [1.82, 2.24) is 9.97 Å². The molecule has 1 fully saturated rings. The van der Waals surface area contributed by atoms with Crippen molar-refractivity contribution in [3.8, 4) is 0 Å². The van der Waals surface area contributed by atoms with Gasteiger partial charge in [-0.2, -0.15) is 0 Å². The fourth-order valence-corrected chi connectivity index (χ4v) is 1.99. The van der Waals surface area contributed by atoms with E-state index < -0.39 is 11.7 Å². The summed E-state index contributed by atoms with van der Waals surface area (Å²) in [5.41, 5.74) is 1.49. The molecule has 1 aliphatic carbocycles. The van der Waals surface area contributed by atoms with E-state index >= 15 is 0 Å². The van der Waals surface area contributed by atoms with Crippen molar-refractivity contribution in [2.45, 2.75) is 18.8 Å². The largest absolute Gasteiger partial charge is 0.321 e. The fourth-order valence-electron chi connectivity index (χ4n) is 1.87. The number of hydrogen-bond acceptors (Lipinski definition) is 3. The van der Waals surface area contributed by atoms with E-state index in [1.807, 2.05) is 0 Å². The minimum Gasteiger partial charge on any atom is -0.321 e. The Morgan fingerprint density at radius 3 is 2.80 bits per heavy atom. The van der Waals surface area contributed by atoms with Crippen molar-refractivity contribution in [3.05, 3.63) is 52.8 Å². The molecule has 4 nitrogen and oxygen atoms in total. The molecule has 0 bridgehead atoms. The van der Waals surface area contributed by atoms with Crippen LogP contribution in [0.15, 0.2) is 30.6 Å². The Hall–Kier alpha value is -2.01. The second kappa shape index (κ2) is 5.17. The van der Waals surface area contributed by atoms with Crippen LogP contribution in [-0.4, -0.2) is 15.9 Å². The van der Waals surface area contributed by atoms with Crippen LogP contribution in [0, 0.1) is 5.82 Å². The summed E-state index contributed by atoms with van der Waals surface area (Å²) in [7, 11) is 0. The van der Waals surface area contributed by atoms with Gasteiger partial charge in [-0.3, -0.25) is 4.79 Å². The van der Waals surface area contributed by atoms with Gasteiger partial charge in [-0.1, -0.05) is 11.6 Å². The quantitative estimate of drug-likeness (QED) is 0.943. The molecule has 0 atom stereocenters. The van der Waals surface area contributed by atoms with Crippen molar-refractivity contribution in [3.63, 3.8) is 0 Å². The minimum absolute atomic E-state index is 0.0149. The molecular weight excluding hydrogens is 281 g/mol. The number of halogens is 2. The summed E-state index contributed by atoms with van der Waals surface area (Å²) >= 11 is 5.59. The molecule has 0 unspecified atom stereocenters. The molecule has 1 aromatic heterocycles. The van der Waals surface area contributed by atoms with Gasteiger partial charge in [-0.25, -0.2) is 14.4 Å². The van der Waals surface area contributed by atoms with Crippen molar-refractivity contribution >= 4 is 23.2 Å². The van der Waals surface area contributed by atoms with Gasteiger partial charge in [-0.05, 0) is 37.1 Å². The number of carbonyl (C=O) groups excluding carboxylic acids is 1. The van der Waals surface area contributed by atoms with Gasteiger partial charge < -0.3 is 5.32 Å². The normalized spacial score (nSPS) is 14.1. The number of nitrogens with one attached hydrogen (secondary N) is 1. The molecule has 3 rings (SSSR count). The molecule has 0 saturated heterocycles. The summed E-state index contributed by atoms with van der Waals surface area (Å²) in [6.07, 6.45) is 3.58. The highest BCUT2D eigenvalue weighted by Crippen LogP contribution is 2.38. The van der Waals surface area contributed by atoms with Crippen molar-refractivity contribution in [2.24, 2.45) is 0 Å². The molecule has 1 aromatic carbocycles. The maximum atomic E-state index is 13.3. The molecule has 1 N–H and O–H groups in total. The van der Waals surface area contributed by atoms with Gasteiger partial charge in [0, 0.05) is 17.3 Å². The van der Waals surface area contributed by atoms with Gasteiger partial charge in [0.2, 0.25) is 0 Å². The van der Waals surface area contributed by atoms with E-state index in [0.717, 1.165) is 18.5 Å². The number of anilines is 1. The van der Waals surface area contributed by atoms with Crippen molar-refractivity contribution in [1.29, 1.82) is 0 Å². The van der Waals surface area contributed by atoms with Crippen LogP contribution in [0.3, 0.4) is 0 Å². The van der Waals surface area contributed by atoms with Gasteiger partial charge in [0.25, 0.3) is 5.91 Å². The third-order valence-corrected chi connectivity index (χ3v) is 3.40. The summed E-state index contributed by atoms with van der Waals surface area (Å²) < 4.78 is 13.3. The first-order valence-electron chi connectivity index (χ1n) is 6.22. The number of carbonyl (C=O) groups is 1. The zero-order valence-electron chi connectivity index (χ0n) is 10.4. The van der Waals surface area contributed by atoms with E-state index in [9.17, 15) is 9.18 Å². The Balaban J connectivity index is 1.78. The van der Waals surface area contributed by atoms with E-state index in [4.69, 9.17) is 11.6 Å². The summed E-state index contributed by atoms with van der Waals surface area (Å²) in [6.45, 7) is 0. The first-order chi connectivity index (χ1) is 9.63. The Bertz CT molecular complexity index is 673. The first-order valence-corrected chi connectivity index (χ1v) is 6.59. The molecule has 1 saturated carbocycles. The molecule has 6 heteroatoms. The monoisotopic (exact) mass is 291 g/mol. The van der Waals surface area contributed by atoms with Crippen LogP contribution in [0.25, 0.3) is 0 Å². The Morgan fingerprint density at radius 2 is 2.10 bits per heavy atom. The van der Waals surface area contributed by atoms with Crippen LogP contribution < -0.4 is 5.32 Å². The molecule has 102 valence electrons. The van der Waals surface area contributed by atoms with Gasteiger partial charge in [0.15, 0.2) is 0 Å². The Kier molecular flexibility index (Phi) is 3.36. The van der Waals surface area contributed by atoms with Gasteiger partial charge in [0.1, 0.15) is 17.8 Å². The number of benzene rings is 1. The molecule has 1 aliphatic rings. The van der Waals surface area contributed by atoms with Crippen LogP contribution in [0.4, 0.5) is 10.1 Å². The molecule has 0 aliphatic heterocycles. The highest BCUT2D eigenvalue weighted by Gasteiger charge is 2.25. The molecule has 1 heterocycles. The third-order valence-electron chi connectivity index (χ3n) is 3.09. The van der Waals surface area contributed by atoms with Gasteiger partial charge in [-0.15, -0.1) is 0 Å². The lowest BCUT2D eigenvalue weighted by atomic mass is 10.2. The predicted octanol–water partition coefficient (Wildman–Crippen LogP) is 3.40. The topological polar surface area (TPSA) is 54.9 Å². The highest BCUT2D eigenvalue weighted by atomic mass is 35.5. The van der Waals surface area contributed by atoms with Gasteiger partial charge in [0.05, 0.1) is 5.02 Å². The lowest BCUT2D eigenvalue weighted by Crippen LogP contribution is -2.14. The predicted molar refractivity (Wildman–Crippen MR) is 73.4 cm³/mol. The molecule has 1 amide bonds. The number of aromatic nitrogens is 2. The van der Waals surface area contributed by atoms with Crippen LogP contribution in [0.5, 0.6) is 0 Å². The maximum Gasteiger partial charge on any atom is 0.274 e. The number of nitrogens with zero attached hydrogens (tertiary/aromatic N) is 2. The van der Waals surface area contributed by atoms with Crippen LogP contribution in [0.1, 0.15) is 34.9 Å². The Labute approximate surface area is 120 Å². The summed E-state index contributed by atoms with van der Waals surface area (Å²) in [6, 6.07) is 5.77. The van der Waals surface area contributed by atoms with E-state index in [1.54, 1.807) is 6.07 Å². The number of amides is 1. The summed E-state index contributed by atoms with van der Waals surface area (Å²) in [4.78, 5) is 20.1. The van der Waals surface area contributed by atoms with E-state index in [-0.39, 0.29) is 10.7 Å². The van der Waals surface area contributed by atoms with Crippen molar-refractivity contribution in [2.75, 3.05) is 5.32 Å². The molecule has 2 aromatic rings. The lowest BCUT2D eigenvalue weighted by Gasteiger charge is -2.06. The smallest absolute Gasteiger partial charge is 0.274 e. The van der Waals surface area contributed by atoms with E-state index in [0.29, 0.717) is 11.6 Å². The first kappa shape index (κ1) is 13.0. The summed E-state index contributed by atoms with van der Waals surface area (Å²) in [5, 5.41) is 2.60. The summed E-state index contributed by atoms with van der Waals surface area (Å²) in [5.74, 6) is -0.528. The molecular formula is C14H11ClFN3O. The SMILES string of the molecule is O=C(Nc1ccc(Cl)c(F)c1)c1cc(C2CC2)ncn1. The van der Waals surface area contributed by atoms with Gasteiger partial charge >= 0.3 is 0 Å². The molecule has 0 radical (unpaired) electrons. The second-order valence-corrected chi connectivity index (χ2v) is 5.09. The standard InChI is InChI=1S/C14H11ClFN3O/c15-10-4-3-9(5-11(10)16)19-14(20)13-6-12(8-1-2-8)17-7-18-13/h3-8H,1-2H2,(H,19,20).